The quantitative estimate of drug-likeness (QED) is 0.0951. The Bertz CT molecular complexity index is 2220. The van der Waals surface area contributed by atoms with Crippen molar-refractivity contribution in [3.8, 4) is 6.07 Å². The fourth-order valence-corrected chi connectivity index (χ4v) is 8.54. The Morgan fingerprint density at radius 3 is 2.39 bits per heavy atom. The van der Waals surface area contributed by atoms with Gasteiger partial charge in [0.05, 0.1) is 12.1 Å². The number of benzene rings is 3. The first-order valence-corrected chi connectivity index (χ1v) is 19.7. The van der Waals surface area contributed by atoms with E-state index in [1.54, 1.807) is 53.4 Å². The zero-order chi connectivity index (χ0) is 38.2. The van der Waals surface area contributed by atoms with E-state index in [4.69, 9.17) is 4.74 Å². The van der Waals surface area contributed by atoms with Gasteiger partial charge in [-0.1, -0.05) is 54.6 Å². The van der Waals surface area contributed by atoms with Gasteiger partial charge in [-0.3, -0.25) is 14.4 Å². The van der Waals surface area contributed by atoms with E-state index in [-0.39, 0.29) is 18.1 Å². The molecule has 274 valence electrons. The summed E-state index contributed by atoms with van der Waals surface area (Å²) in [4.78, 5) is 56.7. The molecule has 2 aromatic heterocycles. The molecule has 4 amide bonds. The van der Waals surface area contributed by atoms with E-state index in [9.17, 15) is 24.4 Å². The summed E-state index contributed by atoms with van der Waals surface area (Å²) in [6.45, 7) is 6.14. The van der Waals surface area contributed by atoms with Crippen LogP contribution in [-0.4, -0.2) is 40.9 Å². The van der Waals surface area contributed by atoms with Crippen LogP contribution in [0.1, 0.15) is 63.5 Å². The average molecular weight is 776 g/mol. The van der Waals surface area contributed by atoms with Crippen molar-refractivity contribution in [3.05, 3.63) is 140 Å². The molecule has 10 nitrogen and oxygen atoms in total. The first-order valence-electron chi connectivity index (χ1n) is 17.0. The molecule has 0 saturated carbocycles. The van der Waals surface area contributed by atoms with Crippen LogP contribution in [-0.2, 0) is 27.3 Å². The highest BCUT2D eigenvalue weighted by atomic mass is 32.2. The number of amides is 4. The van der Waals surface area contributed by atoms with Crippen LogP contribution in [0.4, 0.5) is 15.5 Å². The molecule has 3 N–H and O–H groups in total. The molecule has 1 unspecified atom stereocenters. The molecule has 1 aliphatic heterocycles. The second-order valence-electron chi connectivity index (χ2n) is 13.3. The Hall–Kier alpha value is -5.68. The molecule has 13 heteroatoms. The van der Waals surface area contributed by atoms with Gasteiger partial charge < -0.3 is 25.6 Å². The van der Waals surface area contributed by atoms with E-state index in [0.717, 1.165) is 21.6 Å². The van der Waals surface area contributed by atoms with Crippen molar-refractivity contribution < 1.29 is 23.9 Å². The molecule has 6 rings (SSSR count). The standard InChI is InChI=1S/C41H37N5O5S3/c1-41(2,3)51-40(50)46-19-17-31-32(23-42)39(54-34(31)24-46)45-38(49)35(27-11-6-4-7-12-27)53-30-16-10-15-29(22-30)43-37(48)33(21-26-18-20-52-25-26)44-36(47)28-13-8-5-9-14-28/h4-16,18,20-22,25,35H,17,19,24H2,1-3H3,(H,43,48)(H,44,47)(H,45,49)/b33-21-. The highest BCUT2D eigenvalue weighted by molar-refractivity contribution is 8.00. The van der Waals surface area contributed by atoms with Crippen molar-refractivity contribution in [2.24, 2.45) is 0 Å². The van der Waals surface area contributed by atoms with Crippen LogP contribution < -0.4 is 16.0 Å². The lowest BCUT2D eigenvalue weighted by Crippen LogP contribution is -2.39. The van der Waals surface area contributed by atoms with Crippen LogP contribution in [0.25, 0.3) is 6.08 Å². The molecule has 1 aliphatic rings. The van der Waals surface area contributed by atoms with E-state index in [0.29, 0.717) is 39.7 Å². The first kappa shape index (κ1) is 38.1. The summed E-state index contributed by atoms with van der Waals surface area (Å²) in [6.07, 6.45) is 1.67. The van der Waals surface area contributed by atoms with Crippen molar-refractivity contribution in [1.29, 1.82) is 5.26 Å². The van der Waals surface area contributed by atoms with Gasteiger partial charge in [0.15, 0.2) is 0 Å². The lowest BCUT2D eigenvalue weighted by atomic mass is 10.0. The summed E-state index contributed by atoms with van der Waals surface area (Å²) < 4.78 is 5.56. The maximum Gasteiger partial charge on any atom is 0.410 e. The Labute approximate surface area is 325 Å². The molecular formula is C41H37N5O5S3. The monoisotopic (exact) mass is 775 g/mol. The number of nitriles is 1. The molecule has 0 saturated heterocycles. The lowest BCUT2D eigenvalue weighted by Gasteiger charge is -2.29. The third kappa shape index (κ3) is 9.64. The molecule has 0 fully saturated rings. The molecule has 54 heavy (non-hydrogen) atoms. The number of nitrogens with zero attached hydrogens (tertiary/aromatic N) is 2. The van der Waals surface area contributed by atoms with Gasteiger partial charge in [-0.05, 0) is 97.1 Å². The molecular weight excluding hydrogens is 739 g/mol. The molecule has 3 heterocycles. The zero-order valence-electron chi connectivity index (χ0n) is 29.8. The average Bonchev–Trinajstić information content (AvgIpc) is 3.80. The number of hydrogen-bond donors (Lipinski definition) is 3. The van der Waals surface area contributed by atoms with Gasteiger partial charge in [0.1, 0.15) is 27.6 Å². The Balaban J connectivity index is 1.20. The van der Waals surface area contributed by atoms with Crippen LogP contribution in [0.2, 0.25) is 0 Å². The number of fused-ring (bicyclic) bond motifs is 1. The van der Waals surface area contributed by atoms with Crippen LogP contribution in [0.15, 0.2) is 112 Å². The predicted molar refractivity (Wildman–Crippen MR) is 214 cm³/mol. The fraction of sp³-hybridized carbons (Fsp3) is 0.195. The number of rotatable bonds is 10. The second-order valence-corrected chi connectivity index (χ2v) is 16.3. The van der Waals surface area contributed by atoms with Crippen molar-refractivity contribution in [2.75, 3.05) is 17.2 Å². The predicted octanol–water partition coefficient (Wildman–Crippen LogP) is 8.86. The topological polar surface area (TPSA) is 141 Å². The summed E-state index contributed by atoms with van der Waals surface area (Å²) >= 11 is 4.06. The number of hydrogen-bond acceptors (Lipinski definition) is 9. The van der Waals surface area contributed by atoms with E-state index < -0.39 is 28.8 Å². The molecule has 0 bridgehead atoms. The van der Waals surface area contributed by atoms with Crippen molar-refractivity contribution in [1.82, 2.24) is 10.2 Å². The number of nitrogens with one attached hydrogen (secondary N) is 3. The number of carbonyl (C=O) groups excluding carboxylic acids is 4. The van der Waals surface area contributed by atoms with Crippen LogP contribution in [0.5, 0.6) is 0 Å². The third-order valence-electron chi connectivity index (χ3n) is 8.13. The van der Waals surface area contributed by atoms with Crippen molar-refractivity contribution in [3.63, 3.8) is 0 Å². The smallest absolute Gasteiger partial charge is 0.410 e. The lowest BCUT2D eigenvalue weighted by molar-refractivity contribution is -0.116. The maximum atomic E-state index is 14.1. The molecule has 3 aromatic carbocycles. The SMILES string of the molecule is CC(C)(C)OC(=O)N1CCc2c(sc(NC(=O)C(Sc3cccc(NC(=O)/C(=C/c4ccsc4)NC(=O)c4ccccc4)c3)c3ccccc3)c2C#N)C1. The van der Waals surface area contributed by atoms with Gasteiger partial charge in [-0.15, -0.1) is 23.1 Å². The van der Waals surface area contributed by atoms with Crippen LogP contribution >= 0.6 is 34.4 Å². The highest BCUT2D eigenvalue weighted by Gasteiger charge is 2.31. The number of anilines is 2. The van der Waals surface area contributed by atoms with Gasteiger partial charge in [0.2, 0.25) is 5.91 Å². The van der Waals surface area contributed by atoms with Crippen LogP contribution in [0, 0.1) is 11.3 Å². The third-order valence-corrected chi connectivity index (χ3v) is 11.2. The second kappa shape index (κ2) is 17.0. The van der Waals surface area contributed by atoms with E-state index in [1.807, 2.05) is 80.1 Å². The molecule has 1 atom stereocenters. The summed E-state index contributed by atoms with van der Waals surface area (Å²) in [5.74, 6) is -1.26. The summed E-state index contributed by atoms with van der Waals surface area (Å²) in [6, 6.07) is 29.2. The van der Waals surface area contributed by atoms with E-state index in [1.165, 1.54) is 34.4 Å². The number of ether oxygens (including phenoxy) is 1. The van der Waals surface area contributed by atoms with Gasteiger partial charge in [0.25, 0.3) is 11.8 Å². The van der Waals surface area contributed by atoms with E-state index >= 15 is 0 Å². The summed E-state index contributed by atoms with van der Waals surface area (Å²) in [5.41, 5.74) is 3.07. The first-order chi connectivity index (χ1) is 26.0. The van der Waals surface area contributed by atoms with Crippen molar-refractivity contribution in [2.45, 2.75) is 49.5 Å². The Morgan fingerprint density at radius 1 is 0.963 bits per heavy atom. The Kier molecular flexibility index (Phi) is 12.0. The van der Waals surface area contributed by atoms with Crippen molar-refractivity contribution >= 4 is 75.0 Å². The summed E-state index contributed by atoms with van der Waals surface area (Å²) in [7, 11) is 0. The highest BCUT2D eigenvalue weighted by Crippen LogP contribution is 2.41. The molecule has 0 aliphatic carbocycles. The van der Waals surface area contributed by atoms with Gasteiger partial charge in [0, 0.05) is 27.6 Å². The normalized spacial score (nSPS) is 13.2. The molecule has 0 spiro atoms. The zero-order valence-corrected chi connectivity index (χ0v) is 32.2. The minimum absolute atomic E-state index is 0.0722. The minimum atomic E-state index is -0.722. The van der Waals surface area contributed by atoms with E-state index in [2.05, 4.69) is 22.0 Å². The molecule has 0 radical (unpaired) electrons. The summed E-state index contributed by atoms with van der Waals surface area (Å²) in [5, 5.41) is 22.3. The fourth-order valence-electron chi connectivity index (χ4n) is 5.62. The minimum Gasteiger partial charge on any atom is -0.444 e. The molecule has 5 aromatic rings. The number of thiophene rings is 2. The number of carbonyl (C=O) groups is 4. The van der Waals surface area contributed by atoms with Gasteiger partial charge in [-0.2, -0.15) is 16.6 Å². The maximum absolute atomic E-state index is 14.1. The number of thioether (sulfide) groups is 1. The van der Waals surface area contributed by atoms with Crippen LogP contribution in [0.3, 0.4) is 0 Å². The van der Waals surface area contributed by atoms with Gasteiger partial charge in [-0.25, -0.2) is 4.79 Å². The Morgan fingerprint density at radius 2 is 1.70 bits per heavy atom. The largest absolute Gasteiger partial charge is 0.444 e. The van der Waals surface area contributed by atoms with Gasteiger partial charge >= 0.3 is 6.09 Å².